The summed E-state index contributed by atoms with van der Waals surface area (Å²) in [4.78, 5) is 23.6. The van der Waals surface area contributed by atoms with E-state index in [4.69, 9.17) is 0 Å². The Morgan fingerprint density at radius 1 is 1.04 bits per heavy atom. The van der Waals surface area contributed by atoms with E-state index < -0.39 is 5.82 Å². The van der Waals surface area contributed by atoms with Gasteiger partial charge in [-0.1, -0.05) is 37.8 Å². The number of anilines is 1. The van der Waals surface area contributed by atoms with Gasteiger partial charge in [-0.05, 0) is 25.0 Å². The van der Waals surface area contributed by atoms with Crippen LogP contribution in [0.5, 0.6) is 0 Å². The summed E-state index contributed by atoms with van der Waals surface area (Å²) in [6.45, 7) is 0. The molecule has 6 heteroatoms. The molecule has 2 amide bonds. The molecular formula is C17H23FN2O2S. The molecule has 1 aliphatic rings. The maximum absolute atomic E-state index is 13.4. The zero-order valence-electron chi connectivity index (χ0n) is 13.1. The summed E-state index contributed by atoms with van der Waals surface area (Å²) in [6, 6.07) is 6.31. The molecule has 1 fully saturated rings. The van der Waals surface area contributed by atoms with Crippen LogP contribution in [0.4, 0.5) is 10.1 Å². The highest BCUT2D eigenvalue weighted by Crippen LogP contribution is 2.17. The van der Waals surface area contributed by atoms with Gasteiger partial charge in [-0.25, -0.2) is 4.39 Å². The Morgan fingerprint density at radius 3 is 2.39 bits per heavy atom. The van der Waals surface area contributed by atoms with Gasteiger partial charge in [0.15, 0.2) is 0 Å². The molecule has 0 aromatic heterocycles. The van der Waals surface area contributed by atoms with E-state index in [9.17, 15) is 14.0 Å². The second-order valence-electron chi connectivity index (χ2n) is 5.78. The standard InChI is InChI=1S/C17H23FN2O2S/c18-14-9-5-6-10-15(14)20-17(22)12-23-11-16(21)19-13-7-3-1-2-4-8-13/h5-6,9-10,13H,1-4,7-8,11-12H2,(H,19,21)(H,20,22). The number of rotatable bonds is 6. The van der Waals surface area contributed by atoms with Gasteiger partial charge < -0.3 is 10.6 Å². The van der Waals surface area contributed by atoms with Gasteiger partial charge in [0, 0.05) is 6.04 Å². The van der Waals surface area contributed by atoms with E-state index in [1.54, 1.807) is 12.1 Å². The predicted octanol–water partition coefficient (Wildman–Crippen LogP) is 3.34. The van der Waals surface area contributed by atoms with Crippen molar-refractivity contribution in [1.29, 1.82) is 0 Å². The number of amides is 2. The molecule has 0 spiro atoms. The van der Waals surface area contributed by atoms with Crippen molar-refractivity contribution in [2.24, 2.45) is 0 Å². The van der Waals surface area contributed by atoms with Crippen LogP contribution in [0.2, 0.25) is 0 Å². The number of carbonyl (C=O) groups is 2. The van der Waals surface area contributed by atoms with E-state index in [0.29, 0.717) is 0 Å². The first-order valence-corrected chi connectivity index (χ1v) is 9.22. The van der Waals surface area contributed by atoms with E-state index in [1.165, 1.54) is 49.6 Å². The van der Waals surface area contributed by atoms with Gasteiger partial charge in [0.2, 0.25) is 11.8 Å². The van der Waals surface area contributed by atoms with Crippen molar-refractivity contribution in [2.75, 3.05) is 16.8 Å². The summed E-state index contributed by atoms with van der Waals surface area (Å²) in [5.74, 6) is -0.409. The minimum atomic E-state index is -0.461. The molecule has 0 atom stereocenters. The van der Waals surface area contributed by atoms with Crippen LogP contribution < -0.4 is 10.6 Å². The van der Waals surface area contributed by atoms with E-state index in [0.717, 1.165) is 12.8 Å². The van der Waals surface area contributed by atoms with E-state index in [1.807, 2.05) is 0 Å². The molecule has 2 rings (SSSR count). The third kappa shape index (κ3) is 6.60. The summed E-state index contributed by atoms with van der Waals surface area (Å²) in [5.41, 5.74) is 0.168. The fourth-order valence-electron chi connectivity index (χ4n) is 2.68. The summed E-state index contributed by atoms with van der Waals surface area (Å²) in [5, 5.41) is 5.55. The van der Waals surface area contributed by atoms with Gasteiger partial charge in [-0.15, -0.1) is 11.8 Å². The zero-order valence-corrected chi connectivity index (χ0v) is 14.0. The third-order valence-electron chi connectivity index (χ3n) is 3.83. The Balaban J connectivity index is 1.64. The summed E-state index contributed by atoms with van der Waals surface area (Å²) in [7, 11) is 0. The first-order valence-electron chi connectivity index (χ1n) is 8.06. The van der Waals surface area contributed by atoms with Crippen molar-refractivity contribution in [3.8, 4) is 0 Å². The van der Waals surface area contributed by atoms with E-state index in [2.05, 4.69) is 10.6 Å². The monoisotopic (exact) mass is 338 g/mol. The van der Waals surface area contributed by atoms with Gasteiger partial charge in [0.05, 0.1) is 17.2 Å². The van der Waals surface area contributed by atoms with Gasteiger partial charge >= 0.3 is 0 Å². The lowest BCUT2D eigenvalue weighted by molar-refractivity contribution is -0.119. The highest BCUT2D eigenvalue weighted by molar-refractivity contribution is 8.00. The first-order chi connectivity index (χ1) is 11.1. The lowest BCUT2D eigenvalue weighted by atomic mass is 10.1. The molecule has 1 aliphatic carbocycles. The van der Waals surface area contributed by atoms with Crippen LogP contribution in [0.15, 0.2) is 24.3 Å². The lowest BCUT2D eigenvalue weighted by Crippen LogP contribution is -2.35. The average molecular weight is 338 g/mol. The number of halogens is 1. The van der Waals surface area contributed by atoms with Crippen LogP contribution in [0, 0.1) is 5.82 Å². The Labute approximate surface area is 140 Å². The molecule has 2 N–H and O–H groups in total. The SMILES string of the molecule is O=C(CSCC(=O)NC1CCCCCC1)Nc1ccccc1F. The third-order valence-corrected chi connectivity index (χ3v) is 4.77. The molecule has 23 heavy (non-hydrogen) atoms. The first kappa shape index (κ1) is 17.8. The molecular weight excluding hydrogens is 315 g/mol. The van der Waals surface area contributed by atoms with Crippen LogP contribution in [-0.2, 0) is 9.59 Å². The number of benzene rings is 1. The Bertz CT molecular complexity index is 531. The van der Waals surface area contributed by atoms with E-state index in [-0.39, 0.29) is 35.0 Å². The van der Waals surface area contributed by atoms with Crippen LogP contribution in [0.3, 0.4) is 0 Å². The largest absolute Gasteiger partial charge is 0.353 e. The van der Waals surface area contributed by atoms with Crippen molar-refractivity contribution in [3.05, 3.63) is 30.1 Å². The Morgan fingerprint density at radius 2 is 1.70 bits per heavy atom. The minimum Gasteiger partial charge on any atom is -0.353 e. The van der Waals surface area contributed by atoms with Crippen molar-refractivity contribution >= 4 is 29.3 Å². The van der Waals surface area contributed by atoms with Crippen molar-refractivity contribution < 1.29 is 14.0 Å². The molecule has 0 bridgehead atoms. The van der Waals surface area contributed by atoms with E-state index >= 15 is 0 Å². The van der Waals surface area contributed by atoms with Crippen molar-refractivity contribution in [2.45, 2.75) is 44.6 Å². The van der Waals surface area contributed by atoms with Crippen LogP contribution in [0.1, 0.15) is 38.5 Å². The molecule has 126 valence electrons. The fraction of sp³-hybridized carbons (Fsp3) is 0.529. The van der Waals surface area contributed by atoms with Gasteiger partial charge in [0.25, 0.3) is 0 Å². The average Bonchev–Trinajstić information content (AvgIpc) is 2.78. The molecule has 0 heterocycles. The molecule has 0 unspecified atom stereocenters. The smallest absolute Gasteiger partial charge is 0.234 e. The van der Waals surface area contributed by atoms with Gasteiger partial charge in [0.1, 0.15) is 5.82 Å². The van der Waals surface area contributed by atoms with Crippen molar-refractivity contribution in [1.82, 2.24) is 5.32 Å². The summed E-state index contributed by atoms with van der Waals surface area (Å²) < 4.78 is 13.4. The molecule has 1 aromatic rings. The highest BCUT2D eigenvalue weighted by Gasteiger charge is 2.15. The highest BCUT2D eigenvalue weighted by atomic mass is 32.2. The molecule has 1 saturated carbocycles. The summed E-state index contributed by atoms with van der Waals surface area (Å²) in [6.07, 6.45) is 6.93. The molecule has 0 radical (unpaired) electrons. The van der Waals surface area contributed by atoms with Crippen LogP contribution in [0.25, 0.3) is 0 Å². The molecule has 1 aromatic carbocycles. The number of hydrogen-bond donors (Lipinski definition) is 2. The Kier molecular flexibility index (Phi) is 7.39. The number of hydrogen-bond acceptors (Lipinski definition) is 3. The number of para-hydroxylation sites is 1. The number of nitrogens with one attached hydrogen (secondary N) is 2. The zero-order chi connectivity index (χ0) is 16.5. The second kappa shape index (κ2) is 9.55. The summed E-state index contributed by atoms with van der Waals surface area (Å²) >= 11 is 1.24. The molecule has 4 nitrogen and oxygen atoms in total. The molecule has 0 saturated heterocycles. The number of carbonyl (C=O) groups excluding carboxylic acids is 2. The lowest BCUT2D eigenvalue weighted by Gasteiger charge is -2.15. The minimum absolute atomic E-state index is 0.0272. The number of thioether (sulfide) groups is 1. The van der Waals surface area contributed by atoms with Crippen LogP contribution in [-0.4, -0.2) is 29.4 Å². The molecule has 0 aliphatic heterocycles. The van der Waals surface area contributed by atoms with Gasteiger partial charge in [-0.3, -0.25) is 9.59 Å². The maximum Gasteiger partial charge on any atom is 0.234 e. The fourth-order valence-corrected chi connectivity index (χ4v) is 3.31. The predicted molar refractivity (Wildman–Crippen MR) is 92.0 cm³/mol. The Hall–Kier alpha value is -1.56. The maximum atomic E-state index is 13.4. The normalized spacial score (nSPS) is 15.7. The topological polar surface area (TPSA) is 58.2 Å². The van der Waals surface area contributed by atoms with Gasteiger partial charge in [-0.2, -0.15) is 0 Å². The second-order valence-corrected chi connectivity index (χ2v) is 6.76. The van der Waals surface area contributed by atoms with Crippen molar-refractivity contribution in [3.63, 3.8) is 0 Å². The van der Waals surface area contributed by atoms with Crippen LogP contribution >= 0.6 is 11.8 Å². The quantitative estimate of drug-likeness (QED) is 0.782.